The van der Waals surface area contributed by atoms with E-state index in [0.717, 1.165) is 19.6 Å². The van der Waals surface area contributed by atoms with Crippen molar-refractivity contribution in [2.45, 2.75) is 26.3 Å². The van der Waals surface area contributed by atoms with E-state index >= 15 is 0 Å². The molecular weight excluding hydrogens is 194 g/mol. The molecule has 0 aliphatic heterocycles. The Morgan fingerprint density at radius 3 is 2.53 bits per heavy atom. The van der Waals surface area contributed by atoms with Gasteiger partial charge in [-0.1, -0.05) is 6.92 Å². The molecule has 0 spiro atoms. The highest BCUT2D eigenvalue weighted by Gasteiger charge is 2.08. The molecule has 0 amide bonds. The first-order valence-corrected chi connectivity index (χ1v) is 5.63. The molecule has 0 saturated heterocycles. The fraction of sp³-hybridized carbons (Fsp3) is 1.00. The van der Waals surface area contributed by atoms with Gasteiger partial charge in [0.25, 0.3) is 0 Å². The van der Waals surface area contributed by atoms with Crippen LogP contribution in [-0.2, 0) is 9.47 Å². The maximum absolute atomic E-state index is 8.93. The second-order valence-electron chi connectivity index (χ2n) is 3.86. The average molecular weight is 219 g/mol. The molecule has 0 rings (SSSR count). The maximum atomic E-state index is 8.93. The summed E-state index contributed by atoms with van der Waals surface area (Å²) in [4.78, 5) is 0. The first-order chi connectivity index (χ1) is 7.22. The van der Waals surface area contributed by atoms with Crippen LogP contribution in [0.1, 0.15) is 20.3 Å². The van der Waals surface area contributed by atoms with Crippen LogP contribution in [0, 0.1) is 5.92 Å². The molecule has 0 fully saturated rings. The molecule has 0 heterocycles. The van der Waals surface area contributed by atoms with Crippen LogP contribution in [0.2, 0.25) is 0 Å². The molecule has 2 N–H and O–H groups in total. The lowest BCUT2D eigenvalue weighted by Crippen LogP contribution is -2.34. The standard InChI is InChI=1S/C11H25NO3/c1-10(9-13)11(2)12-5-4-6-15-8-7-14-3/h10-13H,4-9H2,1-3H3. The minimum atomic E-state index is 0.235. The molecule has 2 unspecified atom stereocenters. The van der Waals surface area contributed by atoms with E-state index in [-0.39, 0.29) is 6.61 Å². The highest BCUT2D eigenvalue weighted by molar-refractivity contribution is 4.66. The third kappa shape index (κ3) is 8.81. The molecular formula is C11H25NO3. The predicted octanol–water partition coefficient (Wildman–Crippen LogP) is 0.646. The van der Waals surface area contributed by atoms with Crippen LogP contribution in [0.15, 0.2) is 0 Å². The van der Waals surface area contributed by atoms with Gasteiger partial charge >= 0.3 is 0 Å². The van der Waals surface area contributed by atoms with Crippen LogP contribution in [0.3, 0.4) is 0 Å². The van der Waals surface area contributed by atoms with Gasteiger partial charge in [0.05, 0.1) is 13.2 Å². The summed E-state index contributed by atoms with van der Waals surface area (Å²) in [5.74, 6) is 0.305. The molecule has 0 aromatic rings. The summed E-state index contributed by atoms with van der Waals surface area (Å²) >= 11 is 0. The molecule has 15 heavy (non-hydrogen) atoms. The molecule has 2 atom stereocenters. The van der Waals surface area contributed by atoms with Gasteiger partial charge in [-0.3, -0.25) is 0 Å². The third-order valence-corrected chi connectivity index (χ3v) is 2.51. The summed E-state index contributed by atoms with van der Waals surface area (Å²) in [5.41, 5.74) is 0. The van der Waals surface area contributed by atoms with E-state index in [4.69, 9.17) is 14.6 Å². The molecule has 0 aromatic carbocycles. The lowest BCUT2D eigenvalue weighted by Gasteiger charge is -2.19. The van der Waals surface area contributed by atoms with Crippen LogP contribution in [0.25, 0.3) is 0 Å². The monoisotopic (exact) mass is 219 g/mol. The first kappa shape index (κ1) is 14.8. The normalized spacial score (nSPS) is 15.2. The minimum Gasteiger partial charge on any atom is -0.396 e. The van der Waals surface area contributed by atoms with Crippen LogP contribution >= 0.6 is 0 Å². The van der Waals surface area contributed by atoms with E-state index in [2.05, 4.69) is 12.2 Å². The van der Waals surface area contributed by atoms with Crippen LogP contribution in [0.4, 0.5) is 0 Å². The van der Waals surface area contributed by atoms with E-state index in [0.29, 0.717) is 25.2 Å². The number of nitrogens with one attached hydrogen (secondary N) is 1. The van der Waals surface area contributed by atoms with Crippen molar-refractivity contribution >= 4 is 0 Å². The topological polar surface area (TPSA) is 50.7 Å². The Bertz CT molecular complexity index is 133. The largest absolute Gasteiger partial charge is 0.396 e. The molecule has 0 aliphatic carbocycles. The molecule has 0 radical (unpaired) electrons. The maximum Gasteiger partial charge on any atom is 0.0700 e. The Morgan fingerprint density at radius 1 is 1.20 bits per heavy atom. The van der Waals surface area contributed by atoms with E-state index in [9.17, 15) is 0 Å². The lowest BCUT2D eigenvalue weighted by molar-refractivity contribution is 0.0689. The highest BCUT2D eigenvalue weighted by Crippen LogP contribution is 2.00. The van der Waals surface area contributed by atoms with Crippen molar-refractivity contribution in [3.63, 3.8) is 0 Å². The number of ether oxygens (including phenoxy) is 2. The van der Waals surface area contributed by atoms with Gasteiger partial charge in [0.1, 0.15) is 0 Å². The Hall–Kier alpha value is -0.160. The van der Waals surface area contributed by atoms with Gasteiger partial charge in [-0.15, -0.1) is 0 Å². The van der Waals surface area contributed by atoms with Gasteiger partial charge in [-0.05, 0) is 25.8 Å². The van der Waals surface area contributed by atoms with Crippen LogP contribution < -0.4 is 5.32 Å². The summed E-state index contributed by atoms with van der Waals surface area (Å²) in [5, 5.41) is 12.3. The fourth-order valence-electron chi connectivity index (χ4n) is 1.11. The van der Waals surface area contributed by atoms with Crippen LogP contribution in [-0.4, -0.2) is 51.2 Å². The molecule has 4 nitrogen and oxygen atoms in total. The van der Waals surface area contributed by atoms with Crippen LogP contribution in [0.5, 0.6) is 0 Å². The van der Waals surface area contributed by atoms with Gasteiger partial charge in [0.2, 0.25) is 0 Å². The van der Waals surface area contributed by atoms with Crippen molar-refractivity contribution in [1.82, 2.24) is 5.32 Å². The van der Waals surface area contributed by atoms with Gasteiger partial charge in [0.15, 0.2) is 0 Å². The zero-order chi connectivity index (χ0) is 11.5. The second-order valence-corrected chi connectivity index (χ2v) is 3.86. The van der Waals surface area contributed by atoms with Crippen molar-refractivity contribution in [2.24, 2.45) is 5.92 Å². The number of aliphatic hydroxyl groups excluding tert-OH is 1. The highest BCUT2D eigenvalue weighted by atomic mass is 16.5. The smallest absolute Gasteiger partial charge is 0.0700 e. The summed E-state index contributed by atoms with van der Waals surface area (Å²) in [6.45, 7) is 7.37. The molecule has 0 saturated carbocycles. The van der Waals surface area contributed by atoms with Gasteiger partial charge in [-0.2, -0.15) is 0 Å². The van der Waals surface area contributed by atoms with E-state index in [1.165, 1.54) is 0 Å². The summed E-state index contributed by atoms with van der Waals surface area (Å²) in [7, 11) is 1.67. The summed E-state index contributed by atoms with van der Waals surface area (Å²) < 4.78 is 10.2. The van der Waals surface area contributed by atoms with Crippen molar-refractivity contribution in [3.8, 4) is 0 Å². The van der Waals surface area contributed by atoms with Crippen molar-refractivity contribution in [3.05, 3.63) is 0 Å². The minimum absolute atomic E-state index is 0.235. The SMILES string of the molecule is COCCOCCCNC(C)C(C)CO. The van der Waals surface area contributed by atoms with Gasteiger partial charge in [0, 0.05) is 26.4 Å². The summed E-state index contributed by atoms with van der Waals surface area (Å²) in [6.07, 6.45) is 0.992. The van der Waals surface area contributed by atoms with E-state index < -0.39 is 0 Å². The quantitative estimate of drug-likeness (QED) is 0.530. The van der Waals surface area contributed by atoms with E-state index in [1.807, 2.05) is 6.92 Å². The van der Waals surface area contributed by atoms with Crippen molar-refractivity contribution in [2.75, 3.05) is 40.1 Å². The van der Waals surface area contributed by atoms with Gasteiger partial charge < -0.3 is 19.9 Å². The zero-order valence-electron chi connectivity index (χ0n) is 10.2. The molecule has 92 valence electrons. The Labute approximate surface area is 93.0 Å². The van der Waals surface area contributed by atoms with Crippen molar-refractivity contribution < 1.29 is 14.6 Å². The predicted molar refractivity (Wildman–Crippen MR) is 61.0 cm³/mol. The fourth-order valence-corrected chi connectivity index (χ4v) is 1.11. The lowest BCUT2D eigenvalue weighted by atomic mass is 10.1. The third-order valence-electron chi connectivity index (χ3n) is 2.51. The zero-order valence-corrected chi connectivity index (χ0v) is 10.2. The Morgan fingerprint density at radius 2 is 1.93 bits per heavy atom. The number of hydrogen-bond acceptors (Lipinski definition) is 4. The average Bonchev–Trinajstić information content (AvgIpc) is 2.26. The molecule has 0 bridgehead atoms. The number of rotatable bonds is 10. The number of aliphatic hydroxyl groups is 1. The molecule has 0 aromatic heterocycles. The van der Waals surface area contributed by atoms with Gasteiger partial charge in [-0.25, -0.2) is 0 Å². The number of hydrogen-bond donors (Lipinski definition) is 2. The van der Waals surface area contributed by atoms with E-state index in [1.54, 1.807) is 7.11 Å². The molecule has 4 heteroatoms. The second kappa shape index (κ2) is 10.4. The number of methoxy groups -OCH3 is 1. The first-order valence-electron chi connectivity index (χ1n) is 5.63. The molecule has 0 aliphatic rings. The summed E-state index contributed by atoms with van der Waals surface area (Å²) in [6, 6.07) is 0.356. The Kier molecular flexibility index (Phi) is 10.3. The Balaban J connectivity index is 3.16. The van der Waals surface area contributed by atoms with Crippen molar-refractivity contribution in [1.29, 1.82) is 0 Å².